The van der Waals surface area contributed by atoms with E-state index in [1.165, 1.54) is 25.1 Å². The number of rotatable bonds is 4. The van der Waals surface area contributed by atoms with Gasteiger partial charge in [0, 0.05) is 13.1 Å². The van der Waals surface area contributed by atoms with Crippen molar-refractivity contribution in [2.24, 2.45) is 5.92 Å². The molecule has 1 atom stereocenters. The Morgan fingerprint density at radius 1 is 1.67 bits per heavy atom. The molecule has 1 N–H and O–H groups in total. The summed E-state index contributed by atoms with van der Waals surface area (Å²) in [7, 11) is 2.03. The van der Waals surface area contributed by atoms with Gasteiger partial charge >= 0.3 is 0 Å². The van der Waals surface area contributed by atoms with Gasteiger partial charge in [-0.2, -0.15) is 0 Å². The lowest BCUT2D eigenvalue weighted by Crippen LogP contribution is -2.25. The Bertz CT molecular complexity index is 154. The van der Waals surface area contributed by atoms with Gasteiger partial charge in [0.15, 0.2) is 0 Å². The Morgan fingerprint density at radius 2 is 2.42 bits per heavy atom. The molecule has 0 aromatic rings. The molecular weight excluding hydrogens is 148 g/mol. The minimum absolute atomic E-state index is 0.856. The summed E-state index contributed by atoms with van der Waals surface area (Å²) in [6, 6.07) is 0. The lowest BCUT2D eigenvalue weighted by Gasteiger charge is -2.15. The van der Waals surface area contributed by atoms with Gasteiger partial charge in [0.25, 0.3) is 0 Å². The minimum atomic E-state index is 0.856. The maximum atomic E-state index is 3.93. The molecule has 1 rings (SSSR count). The lowest BCUT2D eigenvalue weighted by atomic mass is 10.1. The zero-order valence-electron chi connectivity index (χ0n) is 8.27. The number of nitrogens with zero attached hydrogens (tertiary/aromatic N) is 1. The summed E-state index contributed by atoms with van der Waals surface area (Å²) in [5.41, 5.74) is 1.28. The largest absolute Gasteiger partial charge is 0.319 e. The van der Waals surface area contributed by atoms with Crippen LogP contribution in [0.2, 0.25) is 0 Å². The molecule has 1 aliphatic rings. The van der Waals surface area contributed by atoms with Gasteiger partial charge in [-0.25, -0.2) is 0 Å². The van der Waals surface area contributed by atoms with Crippen LogP contribution in [0.25, 0.3) is 0 Å². The van der Waals surface area contributed by atoms with E-state index in [1.807, 2.05) is 7.05 Å². The predicted molar refractivity (Wildman–Crippen MR) is 53.3 cm³/mol. The summed E-state index contributed by atoms with van der Waals surface area (Å²) in [4.78, 5) is 2.49. The molecule has 70 valence electrons. The fourth-order valence-corrected chi connectivity index (χ4v) is 1.89. The van der Waals surface area contributed by atoms with Crippen LogP contribution in [-0.2, 0) is 0 Å². The molecule has 0 aliphatic carbocycles. The molecule has 0 radical (unpaired) electrons. The SMILES string of the molecule is C=C(C)CN1CCC(CNC)C1. The number of hydrogen-bond acceptors (Lipinski definition) is 2. The molecule has 0 bridgehead atoms. The summed E-state index contributed by atoms with van der Waals surface area (Å²) in [6.07, 6.45) is 1.34. The van der Waals surface area contributed by atoms with Crippen molar-refractivity contribution in [3.63, 3.8) is 0 Å². The zero-order valence-corrected chi connectivity index (χ0v) is 8.27. The van der Waals surface area contributed by atoms with Crippen LogP contribution >= 0.6 is 0 Å². The molecule has 0 amide bonds. The minimum Gasteiger partial charge on any atom is -0.319 e. The molecule has 2 nitrogen and oxygen atoms in total. The molecule has 1 heterocycles. The molecule has 0 aromatic carbocycles. The van der Waals surface area contributed by atoms with Crippen LogP contribution < -0.4 is 5.32 Å². The maximum absolute atomic E-state index is 3.93. The number of nitrogens with one attached hydrogen (secondary N) is 1. The lowest BCUT2D eigenvalue weighted by molar-refractivity contribution is 0.349. The van der Waals surface area contributed by atoms with Gasteiger partial charge in [0.1, 0.15) is 0 Å². The van der Waals surface area contributed by atoms with Crippen molar-refractivity contribution in [3.05, 3.63) is 12.2 Å². The van der Waals surface area contributed by atoms with Crippen LogP contribution in [0.15, 0.2) is 12.2 Å². The molecule has 0 saturated carbocycles. The first-order chi connectivity index (χ1) is 5.72. The average Bonchev–Trinajstić information content (AvgIpc) is 2.36. The van der Waals surface area contributed by atoms with Crippen LogP contribution in [0.3, 0.4) is 0 Å². The maximum Gasteiger partial charge on any atom is 0.0187 e. The molecular formula is C10H20N2. The second kappa shape index (κ2) is 4.63. The Balaban J connectivity index is 2.21. The van der Waals surface area contributed by atoms with Crippen LogP contribution in [0, 0.1) is 5.92 Å². The van der Waals surface area contributed by atoms with Crippen molar-refractivity contribution in [1.82, 2.24) is 10.2 Å². The van der Waals surface area contributed by atoms with Crippen molar-refractivity contribution in [1.29, 1.82) is 0 Å². The fraction of sp³-hybridized carbons (Fsp3) is 0.800. The van der Waals surface area contributed by atoms with Gasteiger partial charge in [-0.1, -0.05) is 12.2 Å². The third-order valence-corrected chi connectivity index (χ3v) is 2.36. The normalized spacial score (nSPS) is 24.7. The Morgan fingerprint density at radius 3 is 3.00 bits per heavy atom. The van der Waals surface area contributed by atoms with Crippen LogP contribution in [0.5, 0.6) is 0 Å². The highest BCUT2D eigenvalue weighted by Crippen LogP contribution is 2.15. The summed E-state index contributed by atoms with van der Waals surface area (Å²) in [6.45, 7) is 10.8. The van der Waals surface area contributed by atoms with Crippen molar-refractivity contribution >= 4 is 0 Å². The zero-order chi connectivity index (χ0) is 8.97. The van der Waals surface area contributed by atoms with Gasteiger partial charge in [-0.3, -0.25) is 4.90 Å². The van der Waals surface area contributed by atoms with E-state index in [-0.39, 0.29) is 0 Å². The van der Waals surface area contributed by atoms with Gasteiger partial charge in [-0.05, 0) is 39.4 Å². The van der Waals surface area contributed by atoms with Crippen molar-refractivity contribution in [2.45, 2.75) is 13.3 Å². The highest BCUT2D eigenvalue weighted by Gasteiger charge is 2.20. The molecule has 1 aliphatic heterocycles. The number of hydrogen-bond donors (Lipinski definition) is 1. The van der Waals surface area contributed by atoms with E-state index in [2.05, 4.69) is 23.7 Å². The van der Waals surface area contributed by atoms with Gasteiger partial charge in [0.05, 0.1) is 0 Å². The summed E-state index contributed by atoms with van der Waals surface area (Å²) >= 11 is 0. The summed E-state index contributed by atoms with van der Waals surface area (Å²) in [5.74, 6) is 0.856. The molecule has 1 unspecified atom stereocenters. The molecule has 0 spiro atoms. The van der Waals surface area contributed by atoms with Crippen LogP contribution in [0.4, 0.5) is 0 Å². The standard InChI is InChI=1S/C10H20N2/c1-9(2)7-12-5-4-10(8-12)6-11-3/h10-11H,1,4-8H2,2-3H3. The van der Waals surface area contributed by atoms with Gasteiger partial charge in [-0.15, -0.1) is 0 Å². The van der Waals surface area contributed by atoms with E-state index in [1.54, 1.807) is 0 Å². The predicted octanol–water partition coefficient (Wildman–Crippen LogP) is 1.10. The summed E-state index contributed by atoms with van der Waals surface area (Å²) < 4.78 is 0. The molecule has 0 aromatic heterocycles. The second-order valence-corrected chi connectivity index (χ2v) is 3.90. The van der Waals surface area contributed by atoms with E-state index < -0.39 is 0 Å². The third kappa shape index (κ3) is 2.95. The first-order valence-corrected chi connectivity index (χ1v) is 4.73. The van der Waals surface area contributed by atoms with E-state index in [0.29, 0.717) is 0 Å². The Hall–Kier alpha value is -0.340. The monoisotopic (exact) mass is 168 g/mol. The van der Waals surface area contributed by atoms with Gasteiger partial charge in [0.2, 0.25) is 0 Å². The molecule has 12 heavy (non-hydrogen) atoms. The first kappa shape index (κ1) is 9.75. The Kier molecular flexibility index (Phi) is 3.76. The molecule has 2 heteroatoms. The van der Waals surface area contributed by atoms with Gasteiger partial charge < -0.3 is 5.32 Å². The van der Waals surface area contributed by atoms with E-state index in [4.69, 9.17) is 0 Å². The average molecular weight is 168 g/mol. The fourth-order valence-electron chi connectivity index (χ4n) is 1.89. The first-order valence-electron chi connectivity index (χ1n) is 4.73. The molecule has 1 saturated heterocycles. The van der Waals surface area contributed by atoms with E-state index >= 15 is 0 Å². The number of likely N-dealkylation sites (tertiary alicyclic amines) is 1. The van der Waals surface area contributed by atoms with Crippen LogP contribution in [-0.4, -0.2) is 38.1 Å². The van der Waals surface area contributed by atoms with E-state index in [9.17, 15) is 0 Å². The summed E-state index contributed by atoms with van der Waals surface area (Å²) in [5, 5.41) is 3.23. The quantitative estimate of drug-likeness (QED) is 0.632. The topological polar surface area (TPSA) is 15.3 Å². The van der Waals surface area contributed by atoms with Crippen molar-refractivity contribution in [3.8, 4) is 0 Å². The molecule has 1 fully saturated rings. The second-order valence-electron chi connectivity index (χ2n) is 3.90. The van der Waals surface area contributed by atoms with Crippen molar-refractivity contribution in [2.75, 3.05) is 33.2 Å². The highest BCUT2D eigenvalue weighted by atomic mass is 15.1. The van der Waals surface area contributed by atoms with Crippen molar-refractivity contribution < 1.29 is 0 Å². The Labute approximate surface area is 75.6 Å². The highest BCUT2D eigenvalue weighted by molar-refractivity contribution is 4.93. The third-order valence-electron chi connectivity index (χ3n) is 2.36. The smallest absolute Gasteiger partial charge is 0.0187 e. The van der Waals surface area contributed by atoms with Crippen LogP contribution in [0.1, 0.15) is 13.3 Å². The van der Waals surface area contributed by atoms with E-state index in [0.717, 1.165) is 19.0 Å².